The molecule has 2 aromatic carbocycles. The molecule has 0 aliphatic carbocycles. The van der Waals surface area contributed by atoms with Crippen LogP contribution in [0.5, 0.6) is 0 Å². The maximum atomic E-state index is 12.0. The standard InChI is InChI=1S/C11H11BrN2O2S.C11H11BrN2OS.H2O2/c1-17(16)5-4-14-11(15)10-3-2-9(12)6-8(10)7-13-14;1-16-5-4-14-11(15)10-3-2-9(12)6-8(10)7-13-14;1-2/h2-3,6-7H,4-5H2,1H3;2-3,6-7H,4-5H2,1H3;1-2H. The SMILES string of the molecule is CS(=O)CCn1ncc2cc(Br)ccc2c1=O.CSCCn1ncc2cc(Br)ccc2c1=O.OO. The Labute approximate surface area is 224 Å². The molecule has 0 saturated heterocycles. The third-order valence-corrected chi connectivity index (χ3v) is 7.06. The predicted molar refractivity (Wildman–Crippen MR) is 150 cm³/mol. The van der Waals surface area contributed by atoms with Crippen LogP contribution < -0.4 is 11.1 Å². The van der Waals surface area contributed by atoms with Gasteiger partial charge in [-0.2, -0.15) is 22.0 Å². The molecular weight excluding hydrogens is 624 g/mol. The number of hydrogen-bond acceptors (Lipinski definition) is 8. The van der Waals surface area contributed by atoms with Gasteiger partial charge >= 0.3 is 0 Å². The quantitative estimate of drug-likeness (QED) is 0.237. The highest BCUT2D eigenvalue weighted by Gasteiger charge is 2.05. The van der Waals surface area contributed by atoms with Gasteiger partial charge in [-0.05, 0) is 42.7 Å². The van der Waals surface area contributed by atoms with Crippen LogP contribution in [0.4, 0.5) is 0 Å². The van der Waals surface area contributed by atoms with Gasteiger partial charge in [0.2, 0.25) is 0 Å². The second-order valence-corrected chi connectivity index (χ2v) is 11.5. The minimum atomic E-state index is -0.919. The van der Waals surface area contributed by atoms with E-state index in [-0.39, 0.29) is 11.1 Å². The zero-order valence-electron chi connectivity index (χ0n) is 18.9. The van der Waals surface area contributed by atoms with E-state index in [1.807, 2.05) is 36.6 Å². The highest BCUT2D eigenvalue weighted by atomic mass is 79.9. The molecule has 0 amide bonds. The van der Waals surface area contributed by atoms with Gasteiger partial charge in [-0.1, -0.05) is 31.9 Å². The Bertz CT molecular complexity index is 1430. The van der Waals surface area contributed by atoms with Crippen molar-refractivity contribution in [3.05, 3.63) is 78.4 Å². The van der Waals surface area contributed by atoms with Gasteiger partial charge < -0.3 is 0 Å². The van der Waals surface area contributed by atoms with E-state index in [0.29, 0.717) is 24.2 Å². The Balaban J connectivity index is 0.000000231. The molecule has 4 aromatic rings. The molecule has 2 N–H and O–H groups in total. The van der Waals surface area contributed by atoms with Gasteiger partial charge in [-0.3, -0.25) is 24.3 Å². The van der Waals surface area contributed by atoms with Crippen LogP contribution in [0.3, 0.4) is 0 Å². The molecule has 35 heavy (non-hydrogen) atoms. The number of fused-ring (bicyclic) bond motifs is 2. The third kappa shape index (κ3) is 8.33. The highest BCUT2D eigenvalue weighted by molar-refractivity contribution is 9.10. The van der Waals surface area contributed by atoms with Crippen LogP contribution in [-0.4, -0.2) is 58.3 Å². The zero-order valence-corrected chi connectivity index (χ0v) is 23.7. The molecule has 13 heteroatoms. The molecule has 0 aliphatic heterocycles. The normalized spacial score (nSPS) is 11.4. The van der Waals surface area contributed by atoms with E-state index in [4.69, 9.17) is 10.5 Å². The van der Waals surface area contributed by atoms with E-state index in [0.717, 1.165) is 30.9 Å². The first-order chi connectivity index (χ1) is 16.8. The molecule has 1 unspecified atom stereocenters. The molecular formula is C22H24Br2N4O5S2. The van der Waals surface area contributed by atoms with Crippen molar-refractivity contribution in [1.82, 2.24) is 19.6 Å². The van der Waals surface area contributed by atoms with Gasteiger partial charge in [0.25, 0.3) is 11.1 Å². The molecule has 1 atom stereocenters. The highest BCUT2D eigenvalue weighted by Crippen LogP contribution is 2.16. The molecule has 2 heterocycles. The fourth-order valence-corrected chi connectivity index (χ4v) is 4.57. The van der Waals surface area contributed by atoms with E-state index >= 15 is 0 Å². The summed E-state index contributed by atoms with van der Waals surface area (Å²) in [5, 5.41) is 23.3. The Hall–Kier alpha value is -1.90. The summed E-state index contributed by atoms with van der Waals surface area (Å²) in [6, 6.07) is 11.1. The summed E-state index contributed by atoms with van der Waals surface area (Å²) in [5.41, 5.74) is -0.153. The minimum absolute atomic E-state index is 0.0148. The fraction of sp³-hybridized carbons (Fsp3) is 0.273. The number of halogens is 2. The maximum absolute atomic E-state index is 12.0. The molecule has 2 aromatic heterocycles. The number of thioether (sulfide) groups is 1. The van der Waals surface area contributed by atoms with Crippen LogP contribution >= 0.6 is 43.6 Å². The first kappa shape index (κ1) is 29.3. The molecule has 0 fully saturated rings. The summed E-state index contributed by atoms with van der Waals surface area (Å²) in [7, 11) is -0.919. The molecule has 4 rings (SSSR count). The number of rotatable bonds is 6. The Morgan fingerprint density at radius 3 is 1.77 bits per heavy atom. The van der Waals surface area contributed by atoms with Crippen molar-refractivity contribution < 1.29 is 14.7 Å². The first-order valence-corrected chi connectivity index (χ1v) is 14.8. The Morgan fingerprint density at radius 2 is 1.34 bits per heavy atom. The fourth-order valence-electron chi connectivity index (χ4n) is 3.03. The van der Waals surface area contributed by atoms with E-state index in [1.54, 1.807) is 36.5 Å². The van der Waals surface area contributed by atoms with Crippen LogP contribution in [0.2, 0.25) is 0 Å². The molecule has 0 saturated carbocycles. The zero-order chi connectivity index (χ0) is 26.0. The van der Waals surface area contributed by atoms with Crippen molar-refractivity contribution in [3.8, 4) is 0 Å². The predicted octanol–water partition coefficient (Wildman–Crippen LogP) is 4.08. The second-order valence-electron chi connectivity index (χ2n) is 7.08. The Morgan fingerprint density at radius 1 is 0.886 bits per heavy atom. The summed E-state index contributed by atoms with van der Waals surface area (Å²) in [5.74, 6) is 1.34. The van der Waals surface area contributed by atoms with Crippen molar-refractivity contribution in [2.45, 2.75) is 13.1 Å². The average molecular weight is 648 g/mol. The summed E-state index contributed by atoms with van der Waals surface area (Å²) in [6.45, 7) is 1.04. The number of hydrogen-bond donors (Lipinski definition) is 2. The lowest BCUT2D eigenvalue weighted by molar-refractivity contribution is -0.176. The monoisotopic (exact) mass is 646 g/mol. The smallest absolute Gasteiger partial charge is 0.267 e. The minimum Gasteiger partial charge on any atom is -0.267 e. The van der Waals surface area contributed by atoms with Gasteiger partial charge in [0.05, 0.1) is 36.3 Å². The summed E-state index contributed by atoms with van der Waals surface area (Å²) in [4.78, 5) is 24.1. The van der Waals surface area contributed by atoms with Crippen molar-refractivity contribution >= 4 is 76.0 Å². The summed E-state index contributed by atoms with van der Waals surface area (Å²) < 4.78 is 15.8. The lowest BCUT2D eigenvalue weighted by Gasteiger charge is -2.04. The number of aromatic nitrogens is 4. The van der Waals surface area contributed by atoms with Crippen LogP contribution in [0, 0.1) is 0 Å². The Kier molecular flexibility index (Phi) is 12.2. The van der Waals surface area contributed by atoms with Crippen molar-refractivity contribution in [2.75, 3.05) is 24.0 Å². The van der Waals surface area contributed by atoms with Gasteiger partial charge in [-0.25, -0.2) is 9.36 Å². The summed E-state index contributed by atoms with van der Waals surface area (Å²) in [6.07, 6.45) is 7.02. The number of aryl methyl sites for hydroxylation is 2. The average Bonchev–Trinajstić information content (AvgIpc) is 2.84. The lowest BCUT2D eigenvalue weighted by Crippen LogP contribution is -2.25. The molecule has 9 nitrogen and oxygen atoms in total. The van der Waals surface area contributed by atoms with E-state index in [1.165, 1.54) is 9.36 Å². The molecule has 0 radical (unpaired) electrons. The van der Waals surface area contributed by atoms with Crippen LogP contribution in [0.1, 0.15) is 0 Å². The van der Waals surface area contributed by atoms with E-state index < -0.39 is 10.8 Å². The molecule has 0 spiro atoms. The van der Waals surface area contributed by atoms with Crippen LogP contribution in [-0.2, 0) is 23.9 Å². The summed E-state index contributed by atoms with van der Waals surface area (Å²) >= 11 is 8.43. The third-order valence-electron chi connectivity index (χ3n) is 4.73. The topological polar surface area (TPSA) is 127 Å². The van der Waals surface area contributed by atoms with Gasteiger partial charge in [0.15, 0.2) is 0 Å². The van der Waals surface area contributed by atoms with Gasteiger partial charge in [-0.15, -0.1) is 0 Å². The van der Waals surface area contributed by atoms with Crippen LogP contribution in [0.25, 0.3) is 21.5 Å². The molecule has 188 valence electrons. The van der Waals surface area contributed by atoms with Gasteiger partial charge in [0, 0.05) is 48.3 Å². The van der Waals surface area contributed by atoms with Gasteiger partial charge in [0.1, 0.15) is 0 Å². The second kappa shape index (κ2) is 14.6. The van der Waals surface area contributed by atoms with Crippen molar-refractivity contribution in [1.29, 1.82) is 0 Å². The van der Waals surface area contributed by atoms with Crippen LogP contribution in [0.15, 0.2) is 67.3 Å². The number of nitrogens with zero attached hydrogens (tertiary/aromatic N) is 4. The first-order valence-electron chi connectivity index (χ1n) is 10.1. The maximum Gasteiger partial charge on any atom is 0.274 e. The molecule has 0 aliphatic rings. The largest absolute Gasteiger partial charge is 0.274 e. The van der Waals surface area contributed by atoms with E-state index in [2.05, 4.69) is 42.1 Å². The van der Waals surface area contributed by atoms with Crippen molar-refractivity contribution in [2.24, 2.45) is 0 Å². The molecule has 0 bridgehead atoms. The number of benzene rings is 2. The lowest BCUT2D eigenvalue weighted by atomic mass is 10.2. The van der Waals surface area contributed by atoms with E-state index in [9.17, 15) is 13.8 Å². The van der Waals surface area contributed by atoms with Crippen molar-refractivity contribution in [3.63, 3.8) is 0 Å².